The zero-order valence-corrected chi connectivity index (χ0v) is 16.1. The Hall–Kier alpha value is -3.21. The fourth-order valence-corrected chi connectivity index (χ4v) is 3.76. The van der Waals surface area contributed by atoms with Crippen molar-refractivity contribution >= 4 is 22.9 Å². The van der Waals surface area contributed by atoms with Crippen LogP contribution in [0.1, 0.15) is 5.56 Å². The molecule has 3 aromatic heterocycles. The lowest BCUT2D eigenvalue weighted by Crippen LogP contribution is -2.37. The standard InChI is InChI=1S/C17H16FN7O2S/c1-22-9-19-21-16(22)28-15-20-13-12(14(26)24(3)17(27)23(13)2)25(15)8-10-5-4-6-11(18)7-10/h4-7,9H,8H2,1-3H3. The minimum Gasteiger partial charge on any atom is -0.311 e. The summed E-state index contributed by atoms with van der Waals surface area (Å²) in [4.78, 5) is 29.6. The van der Waals surface area contributed by atoms with E-state index in [2.05, 4.69) is 15.2 Å². The fraction of sp³-hybridized carbons (Fsp3) is 0.235. The quantitative estimate of drug-likeness (QED) is 0.505. The van der Waals surface area contributed by atoms with Gasteiger partial charge in [-0.2, -0.15) is 0 Å². The fourth-order valence-electron chi connectivity index (χ4n) is 2.92. The predicted molar refractivity (Wildman–Crippen MR) is 101 cm³/mol. The number of hydrogen-bond donors (Lipinski definition) is 0. The summed E-state index contributed by atoms with van der Waals surface area (Å²) in [7, 11) is 4.76. The van der Waals surface area contributed by atoms with Crippen molar-refractivity contribution in [1.82, 2.24) is 33.4 Å². The van der Waals surface area contributed by atoms with Gasteiger partial charge in [0.15, 0.2) is 21.5 Å². The second-order valence-electron chi connectivity index (χ2n) is 6.31. The first-order valence-corrected chi connectivity index (χ1v) is 9.11. The molecule has 0 bridgehead atoms. The molecule has 9 nitrogen and oxygen atoms in total. The first kappa shape index (κ1) is 18.2. The Morgan fingerprint density at radius 2 is 1.89 bits per heavy atom. The highest BCUT2D eigenvalue weighted by Crippen LogP contribution is 2.28. The molecule has 4 aromatic rings. The molecule has 0 aliphatic heterocycles. The average Bonchev–Trinajstić information content (AvgIpc) is 3.23. The van der Waals surface area contributed by atoms with Crippen molar-refractivity contribution in [3.63, 3.8) is 0 Å². The molecule has 0 atom stereocenters. The molecule has 0 spiro atoms. The van der Waals surface area contributed by atoms with E-state index in [4.69, 9.17) is 0 Å². The van der Waals surface area contributed by atoms with Crippen LogP contribution in [0.2, 0.25) is 0 Å². The average molecular weight is 401 g/mol. The van der Waals surface area contributed by atoms with Crippen LogP contribution in [0.25, 0.3) is 11.2 Å². The van der Waals surface area contributed by atoms with Crippen LogP contribution >= 0.6 is 11.8 Å². The number of benzene rings is 1. The third-order valence-electron chi connectivity index (χ3n) is 4.40. The summed E-state index contributed by atoms with van der Waals surface area (Å²) < 4.78 is 19.4. The molecule has 28 heavy (non-hydrogen) atoms. The zero-order chi connectivity index (χ0) is 20.0. The molecule has 0 aliphatic rings. The summed E-state index contributed by atoms with van der Waals surface area (Å²) in [5, 5.41) is 8.90. The summed E-state index contributed by atoms with van der Waals surface area (Å²) in [6.07, 6.45) is 1.55. The highest BCUT2D eigenvalue weighted by atomic mass is 32.2. The number of nitrogens with zero attached hydrogens (tertiary/aromatic N) is 7. The van der Waals surface area contributed by atoms with Crippen LogP contribution in [-0.4, -0.2) is 33.4 Å². The van der Waals surface area contributed by atoms with Crippen molar-refractivity contribution in [3.05, 3.63) is 62.8 Å². The van der Waals surface area contributed by atoms with Crippen molar-refractivity contribution in [2.24, 2.45) is 21.1 Å². The molecule has 0 unspecified atom stereocenters. The second-order valence-corrected chi connectivity index (χ2v) is 7.25. The molecule has 3 heterocycles. The first-order valence-electron chi connectivity index (χ1n) is 8.29. The molecule has 0 saturated heterocycles. The van der Waals surface area contributed by atoms with E-state index in [9.17, 15) is 14.0 Å². The molecule has 0 fully saturated rings. The number of imidazole rings is 1. The van der Waals surface area contributed by atoms with Crippen molar-refractivity contribution in [2.75, 3.05) is 0 Å². The lowest BCUT2D eigenvalue weighted by Gasteiger charge is -2.09. The van der Waals surface area contributed by atoms with Gasteiger partial charge in [-0.3, -0.25) is 13.9 Å². The maximum absolute atomic E-state index is 13.7. The number of aryl methyl sites for hydroxylation is 2. The summed E-state index contributed by atoms with van der Waals surface area (Å²) in [6, 6.07) is 6.12. The third kappa shape index (κ3) is 2.93. The van der Waals surface area contributed by atoms with Gasteiger partial charge in [0.25, 0.3) is 5.56 Å². The van der Waals surface area contributed by atoms with Gasteiger partial charge in [0.05, 0.1) is 6.54 Å². The number of hydrogen-bond acceptors (Lipinski definition) is 6. The normalized spacial score (nSPS) is 11.4. The summed E-state index contributed by atoms with van der Waals surface area (Å²) >= 11 is 1.21. The molecule has 0 amide bonds. The van der Waals surface area contributed by atoms with E-state index in [1.165, 1.54) is 35.5 Å². The van der Waals surface area contributed by atoms with E-state index >= 15 is 0 Å². The number of rotatable bonds is 4. The van der Waals surface area contributed by atoms with Gasteiger partial charge in [-0.25, -0.2) is 14.2 Å². The Labute approximate surface area is 162 Å². The molecule has 0 radical (unpaired) electrons. The molecule has 4 rings (SSSR count). The maximum atomic E-state index is 13.7. The Balaban J connectivity index is 1.98. The Bertz CT molecular complexity index is 1320. The van der Waals surface area contributed by atoms with Gasteiger partial charge in [0.1, 0.15) is 12.1 Å². The van der Waals surface area contributed by atoms with E-state index in [1.807, 2.05) is 0 Å². The Morgan fingerprint density at radius 3 is 2.57 bits per heavy atom. The summed E-state index contributed by atoms with van der Waals surface area (Å²) in [5.74, 6) is -0.371. The first-order chi connectivity index (χ1) is 13.4. The lowest BCUT2D eigenvalue weighted by atomic mass is 10.2. The molecule has 0 aliphatic carbocycles. The van der Waals surface area contributed by atoms with Crippen LogP contribution in [0.4, 0.5) is 4.39 Å². The minimum absolute atomic E-state index is 0.210. The largest absolute Gasteiger partial charge is 0.332 e. The van der Waals surface area contributed by atoms with Crippen molar-refractivity contribution in [1.29, 1.82) is 0 Å². The van der Waals surface area contributed by atoms with Crippen molar-refractivity contribution < 1.29 is 4.39 Å². The van der Waals surface area contributed by atoms with Gasteiger partial charge in [-0.05, 0) is 29.5 Å². The lowest BCUT2D eigenvalue weighted by molar-refractivity contribution is 0.621. The Kier molecular flexibility index (Phi) is 4.38. The van der Waals surface area contributed by atoms with Gasteiger partial charge in [-0.15, -0.1) is 10.2 Å². The third-order valence-corrected chi connectivity index (χ3v) is 5.44. The molecule has 0 saturated carbocycles. The van der Waals surface area contributed by atoms with Crippen molar-refractivity contribution in [2.45, 2.75) is 16.9 Å². The zero-order valence-electron chi connectivity index (χ0n) is 15.3. The van der Waals surface area contributed by atoms with E-state index in [0.717, 1.165) is 4.57 Å². The molecular weight excluding hydrogens is 385 g/mol. The van der Waals surface area contributed by atoms with Crippen LogP contribution < -0.4 is 11.2 Å². The Morgan fingerprint density at radius 1 is 1.11 bits per heavy atom. The highest BCUT2D eigenvalue weighted by molar-refractivity contribution is 7.99. The second kappa shape index (κ2) is 6.75. The maximum Gasteiger partial charge on any atom is 0.332 e. The predicted octanol–water partition coefficient (Wildman–Crippen LogP) is 0.901. The molecule has 0 N–H and O–H groups in total. The summed E-state index contributed by atoms with van der Waals surface area (Å²) in [5.41, 5.74) is 0.248. The van der Waals surface area contributed by atoms with Crippen LogP contribution in [-0.2, 0) is 27.7 Å². The van der Waals surface area contributed by atoms with Crippen LogP contribution in [0.15, 0.2) is 50.5 Å². The molecule has 144 valence electrons. The molecule has 1 aromatic carbocycles. The van der Waals surface area contributed by atoms with E-state index < -0.39 is 11.2 Å². The van der Waals surface area contributed by atoms with Crippen LogP contribution in [0.5, 0.6) is 0 Å². The minimum atomic E-state index is -0.469. The topological polar surface area (TPSA) is 92.5 Å². The molecular formula is C17H16FN7O2S. The monoisotopic (exact) mass is 401 g/mol. The van der Waals surface area contributed by atoms with E-state index in [1.54, 1.807) is 41.7 Å². The number of halogens is 1. The van der Waals surface area contributed by atoms with Gasteiger partial charge in [0.2, 0.25) is 0 Å². The smallest absolute Gasteiger partial charge is 0.311 e. The van der Waals surface area contributed by atoms with Crippen LogP contribution in [0.3, 0.4) is 0 Å². The number of fused-ring (bicyclic) bond motifs is 1. The highest BCUT2D eigenvalue weighted by Gasteiger charge is 2.21. The van der Waals surface area contributed by atoms with Gasteiger partial charge < -0.3 is 9.13 Å². The van der Waals surface area contributed by atoms with Crippen molar-refractivity contribution in [3.8, 4) is 0 Å². The van der Waals surface area contributed by atoms with E-state index in [-0.39, 0.29) is 23.5 Å². The SMILES string of the molecule is Cn1cnnc1Sc1nc2c(c(=O)n(C)c(=O)n2C)n1Cc1cccc(F)c1. The number of aromatic nitrogens is 7. The summed E-state index contributed by atoms with van der Waals surface area (Å²) in [6.45, 7) is 0.210. The van der Waals surface area contributed by atoms with Gasteiger partial charge in [0, 0.05) is 21.1 Å². The van der Waals surface area contributed by atoms with Gasteiger partial charge >= 0.3 is 5.69 Å². The van der Waals surface area contributed by atoms with Crippen LogP contribution in [0, 0.1) is 5.82 Å². The van der Waals surface area contributed by atoms with E-state index in [0.29, 0.717) is 15.9 Å². The molecule has 11 heteroatoms. The van der Waals surface area contributed by atoms with Gasteiger partial charge in [-0.1, -0.05) is 12.1 Å².